The Balaban J connectivity index is 1.60. The fourth-order valence-electron chi connectivity index (χ4n) is 2.37. The third kappa shape index (κ3) is 4.13. The van der Waals surface area contributed by atoms with E-state index in [0.29, 0.717) is 29.5 Å². The largest absolute Gasteiger partial charge is 0.465 e. The molecule has 0 fully saturated rings. The first-order chi connectivity index (χ1) is 12.7. The van der Waals surface area contributed by atoms with E-state index in [1.807, 2.05) is 30.3 Å². The summed E-state index contributed by atoms with van der Waals surface area (Å²) in [5, 5.41) is 10.7. The Bertz CT molecular complexity index is 906. The summed E-state index contributed by atoms with van der Waals surface area (Å²) in [4.78, 5) is 23.9. The highest BCUT2D eigenvalue weighted by molar-refractivity contribution is 6.01. The Kier molecular flexibility index (Phi) is 5.38. The molecule has 3 aromatic rings. The Morgan fingerprint density at radius 2 is 1.77 bits per heavy atom. The number of hydrogen-bond acceptors (Lipinski definition) is 6. The highest BCUT2D eigenvalue weighted by Crippen LogP contribution is 2.19. The molecule has 1 heterocycles. The van der Waals surface area contributed by atoms with Gasteiger partial charge in [0.15, 0.2) is 0 Å². The van der Waals surface area contributed by atoms with E-state index in [4.69, 9.17) is 9.15 Å². The van der Waals surface area contributed by atoms with Gasteiger partial charge in [-0.05, 0) is 24.3 Å². The summed E-state index contributed by atoms with van der Waals surface area (Å²) in [6.07, 6.45) is 0.442. The summed E-state index contributed by atoms with van der Waals surface area (Å²) < 4.78 is 10.3. The molecular formula is C19H17N3O4. The standard InChI is InChI=1S/C19H17N3O4/c1-25-19(24)14-9-5-6-10-15(14)20-16(23)11-12-17-21-22-18(26-17)13-7-3-2-4-8-13/h2-10H,11-12H2,1H3,(H,20,23). The number of hydrogen-bond donors (Lipinski definition) is 1. The number of esters is 1. The van der Waals surface area contributed by atoms with Crippen LogP contribution in [0, 0.1) is 0 Å². The van der Waals surface area contributed by atoms with E-state index in [-0.39, 0.29) is 12.3 Å². The van der Waals surface area contributed by atoms with Gasteiger partial charge in [0.2, 0.25) is 17.7 Å². The van der Waals surface area contributed by atoms with E-state index >= 15 is 0 Å². The van der Waals surface area contributed by atoms with Crippen LogP contribution in [0.4, 0.5) is 5.69 Å². The molecule has 7 heteroatoms. The number of ether oxygens (including phenoxy) is 1. The normalized spacial score (nSPS) is 10.3. The van der Waals surface area contributed by atoms with Crippen molar-refractivity contribution in [1.29, 1.82) is 0 Å². The lowest BCUT2D eigenvalue weighted by Gasteiger charge is -2.08. The molecule has 2 aromatic carbocycles. The molecule has 1 amide bonds. The van der Waals surface area contributed by atoms with Gasteiger partial charge in [0.25, 0.3) is 0 Å². The number of methoxy groups -OCH3 is 1. The van der Waals surface area contributed by atoms with E-state index in [2.05, 4.69) is 15.5 Å². The number of nitrogens with one attached hydrogen (secondary N) is 1. The van der Waals surface area contributed by atoms with Crippen LogP contribution in [0.3, 0.4) is 0 Å². The van der Waals surface area contributed by atoms with E-state index in [1.54, 1.807) is 24.3 Å². The van der Waals surface area contributed by atoms with Crippen LogP contribution >= 0.6 is 0 Å². The maximum Gasteiger partial charge on any atom is 0.339 e. The van der Waals surface area contributed by atoms with Gasteiger partial charge in [-0.15, -0.1) is 10.2 Å². The van der Waals surface area contributed by atoms with Crippen LogP contribution in [-0.4, -0.2) is 29.2 Å². The molecule has 0 saturated heterocycles. The monoisotopic (exact) mass is 351 g/mol. The van der Waals surface area contributed by atoms with Gasteiger partial charge >= 0.3 is 5.97 Å². The number of para-hydroxylation sites is 1. The fraction of sp³-hybridized carbons (Fsp3) is 0.158. The number of aromatic nitrogens is 2. The zero-order chi connectivity index (χ0) is 18.4. The Hall–Kier alpha value is -3.48. The molecule has 26 heavy (non-hydrogen) atoms. The lowest BCUT2D eigenvalue weighted by molar-refractivity contribution is -0.116. The SMILES string of the molecule is COC(=O)c1ccccc1NC(=O)CCc1nnc(-c2ccccc2)o1. The highest BCUT2D eigenvalue weighted by atomic mass is 16.5. The minimum atomic E-state index is -0.509. The van der Waals surface area contributed by atoms with Gasteiger partial charge in [0.1, 0.15) is 0 Å². The van der Waals surface area contributed by atoms with Crippen LogP contribution in [0.1, 0.15) is 22.7 Å². The highest BCUT2D eigenvalue weighted by Gasteiger charge is 2.14. The first-order valence-electron chi connectivity index (χ1n) is 8.02. The molecule has 0 radical (unpaired) electrons. The molecule has 132 valence electrons. The summed E-state index contributed by atoms with van der Waals surface area (Å²) in [6, 6.07) is 16.1. The van der Waals surface area contributed by atoms with Gasteiger partial charge < -0.3 is 14.5 Å². The van der Waals surface area contributed by atoms with Crippen molar-refractivity contribution < 1.29 is 18.7 Å². The molecule has 1 N–H and O–H groups in total. The van der Waals surface area contributed by atoms with Crippen molar-refractivity contribution in [2.24, 2.45) is 0 Å². The smallest absolute Gasteiger partial charge is 0.339 e. The number of aryl methyl sites for hydroxylation is 1. The second-order valence-electron chi connectivity index (χ2n) is 5.45. The van der Waals surface area contributed by atoms with Crippen molar-refractivity contribution in [2.75, 3.05) is 12.4 Å². The first kappa shape index (κ1) is 17.3. The van der Waals surface area contributed by atoms with Crippen molar-refractivity contribution in [3.8, 4) is 11.5 Å². The van der Waals surface area contributed by atoms with Crippen molar-refractivity contribution in [2.45, 2.75) is 12.8 Å². The van der Waals surface area contributed by atoms with Crippen LogP contribution < -0.4 is 5.32 Å². The first-order valence-corrected chi connectivity index (χ1v) is 8.02. The molecule has 0 spiro atoms. The zero-order valence-electron chi connectivity index (χ0n) is 14.1. The van der Waals surface area contributed by atoms with Crippen LogP contribution in [0.2, 0.25) is 0 Å². The summed E-state index contributed by atoms with van der Waals surface area (Å²) in [7, 11) is 1.29. The second-order valence-corrected chi connectivity index (χ2v) is 5.45. The number of anilines is 1. The third-order valence-electron chi connectivity index (χ3n) is 3.66. The molecule has 0 saturated carbocycles. The van der Waals surface area contributed by atoms with Crippen molar-refractivity contribution in [3.05, 3.63) is 66.1 Å². The van der Waals surface area contributed by atoms with Crippen molar-refractivity contribution >= 4 is 17.6 Å². The molecule has 1 aromatic heterocycles. The summed E-state index contributed by atoms with van der Waals surface area (Å²) in [5.74, 6) is 0.0171. The molecule has 3 rings (SSSR count). The molecule has 0 atom stereocenters. The summed E-state index contributed by atoms with van der Waals surface area (Å²) in [5.41, 5.74) is 1.52. The zero-order valence-corrected chi connectivity index (χ0v) is 14.1. The summed E-state index contributed by atoms with van der Waals surface area (Å²) >= 11 is 0. The van der Waals surface area contributed by atoms with Gasteiger partial charge in [0.05, 0.1) is 18.4 Å². The van der Waals surface area contributed by atoms with E-state index in [0.717, 1.165) is 5.56 Å². The second kappa shape index (κ2) is 8.06. The van der Waals surface area contributed by atoms with Gasteiger partial charge in [-0.3, -0.25) is 4.79 Å². The average Bonchev–Trinajstić information content (AvgIpc) is 3.16. The Labute approximate surface area is 150 Å². The quantitative estimate of drug-likeness (QED) is 0.686. The average molecular weight is 351 g/mol. The predicted octanol–water partition coefficient (Wildman–Crippen LogP) is 3.09. The Morgan fingerprint density at radius 1 is 1.04 bits per heavy atom. The van der Waals surface area contributed by atoms with Crippen LogP contribution in [0.25, 0.3) is 11.5 Å². The van der Waals surface area contributed by atoms with Crippen molar-refractivity contribution in [3.63, 3.8) is 0 Å². The molecule has 7 nitrogen and oxygen atoms in total. The van der Waals surface area contributed by atoms with Gasteiger partial charge in [-0.2, -0.15) is 0 Å². The van der Waals surface area contributed by atoms with Gasteiger partial charge in [-0.1, -0.05) is 30.3 Å². The molecule has 0 bridgehead atoms. The number of benzene rings is 2. The van der Waals surface area contributed by atoms with E-state index in [1.165, 1.54) is 7.11 Å². The van der Waals surface area contributed by atoms with Crippen LogP contribution in [-0.2, 0) is 16.0 Å². The molecule has 0 aliphatic rings. The molecule has 0 aliphatic carbocycles. The van der Waals surface area contributed by atoms with Gasteiger partial charge in [-0.25, -0.2) is 4.79 Å². The third-order valence-corrected chi connectivity index (χ3v) is 3.66. The minimum Gasteiger partial charge on any atom is -0.465 e. The van der Waals surface area contributed by atoms with E-state index < -0.39 is 5.97 Å². The Morgan fingerprint density at radius 3 is 2.54 bits per heavy atom. The maximum atomic E-state index is 12.2. The number of carbonyl (C=O) groups is 2. The summed E-state index contributed by atoms with van der Waals surface area (Å²) in [6.45, 7) is 0. The maximum absolute atomic E-state index is 12.2. The number of nitrogens with zero attached hydrogens (tertiary/aromatic N) is 2. The van der Waals surface area contributed by atoms with Gasteiger partial charge in [0, 0.05) is 18.4 Å². The lowest BCUT2D eigenvalue weighted by atomic mass is 10.1. The number of rotatable bonds is 6. The topological polar surface area (TPSA) is 94.3 Å². The molecular weight excluding hydrogens is 334 g/mol. The molecule has 0 aliphatic heterocycles. The fourth-order valence-corrected chi connectivity index (χ4v) is 2.37. The predicted molar refractivity (Wildman–Crippen MR) is 94.5 cm³/mol. The van der Waals surface area contributed by atoms with Crippen LogP contribution in [0.15, 0.2) is 59.0 Å². The number of amides is 1. The van der Waals surface area contributed by atoms with Crippen molar-refractivity contribution in [1.82, 2.24) is 10.2 Å². The number of carbonyl (C=O) groups excluding carboxylic acids is 2. The lowest BCUT2D eigenvalue weighted by Crippen LogP contribution is -2.15. The molecule has 0 unspecified atom stereocenters. The van der Waals surface area contributed by atoms with Crippen LogP contribution in [0.5, 0.6) is 0 Å². The minimum absolute atomic E-state index is 0.145. The van der Waals surface area contributed by atoms with E-state index in [9.17, 15) is 9.59 Å².